The summed E-state index contributed by atoms with van der Waals surface area (Å²) in [7, 11) is 0. The molecule has 4 heteroatoms. The van der Waals surface area contributed by atoms with Crippen molar-refractivity contribution in [3.63, 3.8) is 0 Å². The Kier molecular flexibility index (Phi) is 7.96. The molecule has 0 spiro atoms. The van der Waals surface area contributed by atoms with Crippen molar-refractivity contribution >= 4 is 22.6 Å². The minimum Gasteiger partial charge on any atom is -0.396 e. The standard InChI is InChI=1S/C11H23IN2O/c12-11(4-10-15)3-1-2-7-14-8-5-13-6-9-14/h11,13,15H,1-10H2/t11-/m0/s1. The van der Waals surface area contributed by atoms with E-state index in [1.165, 1.54) is 38.9 Å². The van der Waals surface area contributed by atoms with Gasteiger partial charge >= 0.3 is 0 Å². The number of halogens is 1. The summed E-state index contributed by atoms with van der Waals surface area (Å²) in [6.07, 6.45) is 4.82. The Balaban J connectivity index is 1.91. The third-order valence-electron chi connectivity index (χ3n) is 2.89. The van der Waals surface area contributed by atoms with Crippen molar-refractivity contribution in [3.05, 3.63) is 0 Å². The van der Waals surface area contributed by atoms with Crippen LogP contribution in [0.25, 0.3) is 0 Å². The van der Waals surface area contributed by atoms with Crippen molar-refractivity contribution in [2.24, 2.45) is 0 Å². The quantitative estimate of drug-likeness (QED) is 0.420. The number of unbranched alkanes of at least 4 members (excludes halogenated alkanes) is 1. The van der Waals surface area contributed by atoms with Crippen LogP contribution in [0.15, 0.2) is 0 Å². The summed E-state index contributed by atoms with van der Waals surface area (Å²) >= 11 is 2.45. The molecule has 90 valence electrons. The lowest BCUT2D eigenvalue weighted by atomic mass is 10.1. The maximum atomic E-state index is 8.78. The van der Waals surface area contributed by atoms with Crippen molar-refractivity contribution in [2.75, 3.05) is 39.3 Å². The summed E-state index contributed by atoms with van der Waals surface area (Å²) in [4.78, 5) is 2.55. The molecule has 0 saturated carbocycles. The van der Waals surface area contributed by atoms with Gasteiger partial charge in [0.2, 0.25) is 0 Å². The zero-order valence-electron chi connectivity index (χ0n) is 9.42. The zero-order chi connectivity index (χ0) is 10.9. The number of nitrogens with zero attached hydrogens (tertiary/aromatic N) is 1. The Labute approximate surface area is 107 Å². The molecule has 0 amide bonds. The largest absolute Gasteiger partial charge is 0.396 e. The second-order valence-corrected chi connectivity index (χ2v) is 5.96. The molecular weight excluding hydrogens is 303 g/mol. The molecular formula is C11H23IN2O. The van der Waals surface area contributed by atoms with Gasteiger partial charge in [-0.3, -0.25) is 0 Å². The second kappa shape index (κ2) is 8.73. The average Bonchev–Trinajstić information content (AvgIpc) is 2.26. The van der Waals surface area contributed by atoms with Gasteiger partial charge in [0.05, 0.1) is 0 Å². The van der Waals surface area contributed by atoms with Crippen LogP contribution in [0.2, 0.25) is 0 Å². The number of nitrogens with one attached hydrogen (secondary N) is 1. The van der Waals surface area contributed by atoms with Gasteiger partial charge in [-0.05, 0) is 25.8 Å². The van der Waals surface area contributed by atoms with Crippen LogP contribution in [0.3, 0.4) is 0 Å². The molecule has 0 unspecified atom stereocenters. The number of alkyl halides is 1. The maximum absolute atomic E-state index is 8.78. The molecule has 0 aromatic heterocycles. The lowest BCUT2D eigenvalue weighted by Crippen LogP contribution is -2.43. The van der Waals surface area contributed by atoms with Gasteiger partial charge in [0.1, 0.15) is 0 Å². The number of hydrogen-bond donors (Lipinski definition) is 2. The highest BCUT2D eigenvalue weighted by atomic mass is 127. The molecule has 0 radical (unpaired) electrons. The first kappa shape index (κ1) is 13.7. The van der Waals surface area contributed by atoms with Crippen molar-refractivity contribution in [1.29, 1.82) is 0 Å². The van der Waals surface area contributed by atoms with Crippen LogP contribution in [-0.4, -0.2) is 53.3 Å². The third kappa shape index (κ3) is 6.71. The van der Waals surface area contributed by atoms with Crippen LogP contribution in [0.5, 0.6) is 0 Å². The van der Waals surface area contributed by atoms with Crippen LogP contribution in [0.4, 0.5) is 0 Å². The van der Waals surface area contributed by atoms with Gasteiger partial charge in [-0.2, -0.15) is 0 Å². The molecule has 1 saturated heterocycles. The predicted molar refractivity (Wildman–Crippen MR) is 72.7 cm³/mol. The van der Waals surface area contributed by atoms with Crippen molar-refractivity contribution in [1.82, 2.24) is 10.2 Å². The van der Waals surface area contributed by atoms with Gasteiger partial charge in [-0.15, -0.1) is 0 Å². The summed E-state index contributed by atoms with van der Waals surface area (Å²) < 4.78 is 0.663. The molecule has 2 N–H and O–H groups in total. The number of aliphatic hydroxyl groups is 1. The van der Waals surface area contributed by atoms with E-state index in [9.17, 15) is 0 Å². The van der Waals surface area contributed by atoms with Gasteiger partial charge in [0.15, 0.2) is 0 Å². The summed E-state index contributed by atoms with van der Waals surface area (Å²) in [6.45, 7) is 6.32. The van der Waals surface area contributed by atoms with E-state index >= 15 is 0 Å². The minimum absolute atomic E-state index is 0.339. The number of piperazine rings is 1. The van der Waals surface area contributed by atoms with Crippen molar-refractivity contribution in [2.45, 2.75) is 29.6 Å². The van der Waals surface area contributed by atoms with E-state index in [-0.39, 0.29) is 0 Å². The van der Waals surface area contributed by atoms with Crippen LogP contribution in [0, 0.1) is 0 Å². The van der Waals surface area contributed by atoms with Gasteiger partial charge in [0, 0.05) is 36.7 Å². The fourth-order valence-corrected chi connectivity index (χ4v) is 2.64. The fraction of sp³-hybridized carbons (Fsp3) is 1.00. The molecule has 15 heavy (non-hydrogen) atoms. The van der Waals surface area contributed by atoms with Crippen LogP contribution < -0.4 is 5.32 Å². The average molecular weight is 326 g/mol. The van der Waals surface area contributed by atoms with Crippen LogP contribution >= 0.6 is 22.6 Å². The van der Waals surface area contributed by atoms with E-state index in [0.29, 0.717) is 10.5 Å². The molecule has 1 fully saturated rings. The third-order valence-corrected chi connectivity index (χ3v) is 4.14. The summed E-state index contributed by atoms with van der Waals surface area (Å²) in [5.74, 6) is 0. The molecule has 0 aliphatic carbocycles. The highest BCUT2D eigenvalue weighted by Crippen LogP contribution is 2.14. The SMILES string of the molecule is OCC[C@@H](I)CCCCN1CCNCC1. The molecule has 1 heterocycles. The summed E-state index contributed by atoms with van der Waals surface area (Å²) in [6, 6.07) is 0. The molecule has 0 aromatic carbocycles. The van der Waals surface area contributed by atoms with Crippen LogP contribution in [0.1, 0.15) is 25.7 Å². The van der Waals surface area contributed by atoms with E-state index in [0.717, 1.165) is 19.5 Å². The van der Waals surface area contributed by atoms with Crippen molar-refractivity contribution < 1.29 is 5.11 Å². The van der Waals surface area contributed by atoms with E-state index in [4.69, 9.17) is 5.11 Å². The Hall–Kier alpha value is 0.610. The number of hydrogen-bond acceptors (Lipinski definition) is 3. The van der Waals surface area contributed by atoms with E-state index < -0.39 is 0 Å². The first-order valence-corrected chi connectivity index (χ1v) is 7.25. The molecule has 1 aliphatic heterocycles. The Morgan fingerprint density at radius 2 is 1.93 bits per heavy atom. The summed E-state index contributed by atoms with van der Waals surface area (Å²) in [5.41, 5.74) is 0. The Morgan fingerprint density at radius 3 is 2.60 bits per heavy atom. The number of aliphatic hydroxyl groups excluding tert-OH is 1. The first-order valence-electron chi connectivity index (χ1n) is 6.01. The van der Waals surface area contributed by atoms with Gasteiger partial charge in [0.25, 0.3) is 0 Å². The van der Waals surface area contributed by atoms with Crippen LogP contribution in [-0.2, 0) is 0 Å². The van der Waals surface area contributed by atoms with Crippen molar-refractivity contribution in [3.8, 4) is 0 Å². The van der Waals surface area contributed by atoms with E-state index in [2.05, 4.69) is 32.8 Å². The molecule has 3 nitrogen and oxygen atoms in total. The lowest BCUT2D eigenvalue weighted by Gasteiger charge is -2.27. The second-order valence-electron chi connectivity index (χ2n) is 4.20. The highest BCUT2D eigenvalue weighted by molar-refractivity contribution is 14.1. The molecule has 0 aromatic rings. The number of rotatable bonds is 7. The Bertz CT molecular complexity index is 152. The summed E-state index contributed by atoms with van der Waals surface area (Å²) in [5, 5.41) is 12.1. The fourth-order valence-electron chi connectivity index (χ4n) is 1.92. The highest BCUT2D eigenvalue weighted by Gasteiger charge is 2.09. The van der Waals surface area contributed by atoms with Gasteiger partial charge in [-0.25, -0.2) is 0 Å². The normalized spacial score (nSPS) is 20.4. The van der Waals surface area contributed by atoms with Gasteiger partial charge < -0.3 is 15.3 Å². The zero-order valence-corrected chi connectivity index (χ0v) is 11.6. The van der Waals surface area contributed by atoms with Gasteiger partial charge in [-0.1, -0.05) is 29.0 Å². The van der Waals surface area contributed by atoms with E-state index in [1.54, 1.807) is 0 Å². The monoisotopic (exact) mass is 326 g/mol. The molecule has 1 aliphatic rings. The van der Waals surface area contributed by atoms with E-state index in [1.807, 2.05) is 0 Å². The maximum Gasteiger partial charge on any atom is 0.0441 e. The molecule has 0 bridgehead atoms. The topological polar surface area (TPSA) is 35.5 Å². The molecule has 1 rings (SSSR count). The predicted octanol–water partition coefficient (Wildman–Crippen LogP) is 1.25. The Morgan fingerprint density at radius 1 is 1.20 bits per heavy atom. The smallest absolute Gasteiger partial charge is 0.0441 e. The minimum atomic E-state index is 0.339. The molecule has 1 atom stereocenters. The first-order chi connectivity index (χ1) is 7.33. The lowest BCUT2D eigenvalue weighted by molar-refractivity contribution is 0.235.